The molecule has 2 rings (SSSR count). The number of nitrogens with zero attached hydrogens (tertiary/aromatic N) is 3. The fourth-order valence-electron chi connectivity index (χ4n) is 1.25. The fourth-order valence-corrected chi connectivity index (χ4v) is 1.65. The number of benzene rings is 1. The van der Waals surface area contributed by atoms with Crippen LogP contribution in [-0.4, -0.2) is 20.6 Å². The maximum absolute atomic E-state index is 5.97. The summed E-state index contributed by atoms with van der Waals surface area (Å²) in [7, 11) is 0. The summed E-state index contributed by atoms with van der Waals surface area (Å²) in [6, 6.07) is 5.58. The second-order valence-electron chi connectivity index (χ2n) is 3.26. The Morgan fingerprint density at radius 2 is 2.27 bits per heavy atom. The fraction of sp³-hybridized carbons (Fsp3) is 0.222. The van der Waals surface area contributed by atoms with Gasteiger partial charge in [0.1, 0.15) is 0 Å². The minimum Gasteiger partial charge on any atom is -0.318 e. The lowest BCUT2D eigenvalue weighted by Crippen LogP contribution is -2.13. The predicted octanol–water partition coefficient (Wildman–Crippen LogP) is 1.32. The van der Waals surface area contributed by atoms with E-state index in [0.29, 0.717) is 5.82 Å². The molecule has 6 heteroatoms. The van der Waals surface area contributed by atoms with Crippen LogP contribution in [0.5, 0.6) is 0 Å². The third-order valence-electron chi connectivity index (χ3n) is 2.19. The average molecular weight is 268 g/mol. The zero-order valence-corrected chi connectivity index (χ0v) is 9.69. The van der Waals surface area contributed by atoms with Gasteiger partial charge in [-0.2, -0.15) is 5.21 Å². The maximum atomic E-state index is 5.97. The minimum atomic E-state index is -0.347. The lowest BCUT2D eigenvalue weighted by molar-refractivity contribution is 0.784. The van der Waals surface area contributed by atoms with E-state index in [-0.39, 0.29) is 6.04 Å². The van der Waals surface area contributed by atoms with E-state index in [1.807, 2.05) is 25.1 Å². The Hall–Kier alpha value is -1.27. The Kier molecular flexibility index (Phi) is 2.79. The van der Waals surface area contributed by atoms with E-state index < -0.39 is 0 Å². The highest BCUT2D eigenvalue weighted by Crippen LogP contribution is 2.22. The summed E-state index contributed by atoms with van der Waals surface area (Å²) in [5.41, 5.74) is 8.09. The third kappa shape index (κ3) is 2.05. The third-order valence-corrected chi connectivity index (χ3v) is 3.05. The van der Waals surface area contributed by atoms with Gasteiger partial charge in [0.05, 0.1) is 6.04 Å². The van der Waals surface area contributed by atoms with E-state index in [9.17, 15) is 0 Å². The van der Waals surface area contributed by atoms with Crippen LogP contribution >= 0.6 is 15.9 Å². The van der Waals surface area contributed by atoms with Crippen molar-refractivity contribution in [1.82, 2.24) is 20.6 Å². The van der Waals surface area contributed by atoms with Crippen LogP contribution in [0.25, 0.3) is 0 Å². The summed E-state index contributed by atoms with van der Waals surface area (Å²) in [5, 5.41) is 13.6. The maximum Gasteiger partial charge on any atom is 0.195 e. The van der Waals surface area contributed by atoms with Crippen LogP contribution in [0.15, 0.2) is 22.7 Å². The van der Waals surface area contributed by atoms with Gasteiger partial charge in [0, 0.05) is 4.47 Å². The molecule has 1 heterocycles. The Balaban J connectivity index is 2.34. The van der Waals surface area contributed by atoms with Crippen LogP contribution in [0, 0.1) is 6.92 Å². The van der Waals surface area contributed by atoms with Gasteiger partial charge in [-0.3, -0.25) is 0 Å². The van der Waals surface area contributed by atoms with E-state index in [4.69, 9.17) is 5.73 Å². The number of rotatable bonds is 2. The normalized spacial score (nSPS) is 12.7. The molecule has 3 N–H and O–H groups in total. The van der Waals surface area contributed by atoms with E-state index >= 15 is 0 Å². The van der Waals surface area contributed by atoms with Crippen LogP contribution in [-0.2, 0) is 0 Å². The molecule has 5 nitrogen and oxygen atoms in total. The van der Waals surface area contributed by atoms with Gasteiger partial charge in [-0.05, 0) is 24.1 Å². The van der Waals surface area contributed by atoms with Crippen LogP contribution in [0.3, 0.4) is 0 Å². The Labute approximate surface area is 95.2 Å². The van der Waals surface area contributed by atoms with Gasteiger partial charge in [-0.1, -0.05) is 33.3 Å². The van der Waals surface area contributed by atoms with Gasteiger partial charge in [0.25, 0.3) is 0 Å². The molecule has 1 aromatic heterocycles. The molecule has 1 atom stereocenters. The zero-order valence-electron chi connectivity index (χ0n) is 8.11. The lowest BCUT2D eigenvalue weighted by atomic mass is 10.1. The number of aromatic amines is 1. The smallest absolute Gasteiger partial charge is 0.195 e. The number of nitrogens with one attached hydrogen (secondary N) is 1. The number of hydrogen-bond donors (Lipinski definition) is 2. The van der Waals surface area contributed by atoms with E-state index in [1.54, 1.807) is 0 Å². The average Bonchev–Trinajstić information content (AvgIpc) is 2.74. The van der Waals surface area contributed by atoms with Crippen LogP contribution in [0.4, 0.5) is 0 Å². The van der Waals surface area contributed by atoms with Gasteiger partial charge < -0.3 is 5.73 Å². The molecular weight excluding hydrogens is 258 g/mol. The van der Waals surface area contributed by atoms with Crippen molar-refractivity contribution in [3.63, 3.8) is 0 Å². The van der Waals surface area contributed by atoms with E-state index in [0.717, 1.165) is 10.0 Å². The number of H-pyrrole nitrogens is 1. The number of halogens is 1. The second-order valence-corrected chi connectivity index (χ2v) is 4.11. The first-order valence-electron chi connectivity index (χ1n) is 4.43. The Bertz CT molecular complexity index is 454. The molecule has 0 amide bonds. The molecule has 1 unspecified atom stereocenters. The Morgan fingerprint density at radius 3 is 2.87 bits per heavy atom. The molecule has 0 radical (unpaired) electrons. The number of hydrogen-bond acceptors (Lipinski definition) is 4. The van der Waals surface area contributed by atoms with Crippen molar-refractivity contribution in [2.24, 2.45) is 5.73 Å². The molecule has 78 valence electrons. The molecular formula is C9H10BrN5. The number of aromatic nitrogens is 4. The van der Waals surface area contributed by atoms with Crippen molar-refractivity contribution in [3.8, 4) is 0 Å². The monoisotopic (exact) mass is 267 g/mol. The molecule has 0 aliphatic carbocycles. The van der Waals surface area contributed by atoms with Gasteiger partial charge in [0.2, 0.25) is 0 Å². The predicted molar refractivity (Wildman–Crippen MR) is 59.1 cm³/mol. The molecule has 0 spiro atoms. The van der Waals surface area contributed by atoms with Crippen molar-refractivity contribution in [3.05, 3.63) is 39.6 Å². The highest BCUT2D eigenvalue weighted by atomic mass is 79.9. The van der Waals surface area contributed by atoms with Crippen LogP contribution in [0.1, 0.15) is 23.0 Å². The van der Waals surface area contributed by atoms with Crippen LogP contribution in [0.2, 0.25) is 0 Å². The highest BCUT2D eigenvalue weighted by Gasteiger charge is 2.13. The van der Waals surface area contributed by atoms with Gasteiger partial charge >= 0.3 is 0 Å². The lowest BCUT2D eigenvalue weighted by Gasteiger charge is -2.08. The topological polar surface area (TPSA) is 80.5 Å². The molecule has 2 aromatic rings. The highest BCUT2D eigenvalue weighted by molar-refractivity contribution is 9.10. The summed E-state index contributed by atoms with van der Waals surface area (Å²) in [5.74, 6) is 0.491. The molecule has 15 heavy (non-hydrogen) atoms. The molecule has 0 fully saturated rings. The van der Waals surface area contributed by atoms with E-state index in [2.05, 4.69) is 36.6 Å². The minimum absolute atomic E-state index is 0.347. The summed E-state index contributed by atoms with van der Waals surface area (Å²) in [6.45, 7) is 2.02. The molecule has 0 aliphatic heterocycles. The molecule has 0 aliphatic rings. The van der Waals surface area contributed by atoms with Crippen molar-refractivity contribution in [1.29, 1.82) is 0 Å². The van der Waals surface area contributed by atoms with Crippen molar-refractivity contribution < 1.29 is 0 Å². The van der Waals surface area contributed by atoms with Gasteiger partial charge in [-0.25, -0.2) is 0 Å². The molecule has 1 aromatic carbocycles. The van der Waals surface area contributed by atoms with Crippen molar-refractivity contribution in [2.75, 3.05) is 0 Å². The van der Waals surface area contributed by atoms with Gasteiger partial charge in [0.15, 0.2) is 5.82 Å². The van der Waals surface area contributed by atoms with Crippen LogP contribution < -0.4 is 5.73 Å². The van der Waals surface area contributed by atoms with Gasteiger partial charge in [-0.15, -0.1) is 10.2 Å². The molecule has 0 saturated heterocycles. The molecule has 0 bridgehead atoms. The Morgan fingerprint density at radius 1 is 1.47 bits per heavy atom. The number of aryl methyl sites for hydroxylation is 1. The summed E-state index contributed by atoms with van der Waals surface area (Å²) < 4.78 is 1.03. The standard InChI is InChI=1S/C9H10BrN5/c1-5-2-3-6(4-7(5)10)8(11)9-12-14-15-13-9/h2-4,8H,11H2,1H3,(H,12,13,14,15). The first-order chi connectivity index (χ1) is 7.18. The van der Waals surface area contributed by atoms with Crippen molar-refractivity contribution in [2.45, 2.75) is 13.0 Å². The second kappa shape index (κ2) is 4.08. The largest absolute Gasteiger partial charge is 0.318 e. The van der Waals surface area contributed by atoms with Crippen molar-refractivity contribution >= 4 is 15.9 Å². The number of nitrogens with two attached hydrogens (primary N) is 1. The SMILES string of the molecule is Cc1ccc(C(N)c2nn[nH]n2)cc1Br. The quantitative estimate of drug-likeness (QED) is 0.860. The first kappa shape index (κ1) is 10.3. The summed E-state index contributed by atoms with van der Waals surface area (Å²) >= 11 is 3.46. The summed E-state index contributed by atoms with van der Waals surface area (Å²) in [4.78, 5) is 0. The summed E-state index contributed by atoms with van der Waals surface area (Å²) in [6.07, 6.45) is 0. The first-order valence-corrected chi connectivity index (χ1v) is 5.23. The molecule has 0 saturated carbocycles. The zero-order chi connectivity index (χ0) is 10.8. The number of tetrazole rings is 1. The van der Waals surface area contributed by atoms with E-state index in [1.165, 1.54) is 5.56 Å².